The Hall–Kier alpha value is -2.03. The molecular weight excluding hydrogens is 362 g/mol. The standard InChI is InChI=1S/C17H19NO5S2/c1-3-11(2)24-14-9-12(17(19)20)10-15(25(18,21)22)16(14)23-13-7-5-4-6-8-13/h4-11H,3H2,1-2H3,(H,19,20)(H2,18,21,22). The van der Waals surface area contributed by atoms with E-state index in [1.165, 1.54) is 17.8 Å². The SMILES string of the molecule is CCC(C)Sc1cc(C(=O)O)cc(S(N)(=O)=O)c1Oc1ccccc1. The number of hydrogen-bond acceptors (Lipinski definition) is 5. The summed E-state index contributed by atoms with van der Waals surface area (Å²) in [5.41, 5.74) is -0.157. The summed E-state index contributed by atoms with van der Waals surface area (Å²) in [6.45, 7) is 3.94. The molecule has 6 nitrogen and oxygen atoms in total. The topological polar surface area (TPSA) is 107 Å². The fourth-order valence-corrected chi connectivity index (χ4v) is 3.83. The van der Waals surface area contributed by atoms with Gasteiger partial charge in [-0.2, -0.15) is 0 Å². The van der Waals surface area contributed by atoms with Crippen LogP contribution in [0.3, 0.4) is 0 Å². The normalized spacial score (nSPS) is 12.6. The Morgan fingerprint density at radius 3 is 2.44 bits per heavy atom. The number of sulfonamides is 1. The summed E-state index contributed by atoms with van der Waals surface area (Å²) in [4.78, 5) is 11.4. The minimum Gasteiger partial charge on any atom is -0.478 e. The van der Waals surface area contributed by atoms with Crippen LogP contribution < -0.4 is 9.88 Å². The van der Waals surface area contributed by atoms with E-state index in [0.29, 0.717) is 10.6 Å². The average Bonchev–Trinajstić information content (AvgIpc) is 2.55. The van der Waals surface area contributed by atoms with Crippen molar-refractivity contribution in [2.45, 2.75) is 35.3 Å². The number of thioether (sulfide) groups is 1. The van der Waals surface area contributed by atoms with Gasteiger partial charge in [-0.25, -0.2) is 18.4 Å². The van der Waals surface area contributed by atoms with Crippen molar-refractivity contribution in [2.75, 3.05) is 0 Å². The summed E-state index contributed by atoms with van der Waals surface area (Å²) >= 11 is 1.34. The molecule has 0 heterocycles. The number of carbonyl (C=O) groups is 1. The van der Waals surface area contributed by atoms with E-state index in [-0.39, 0.29) is 21.5 Å². The van der Waals surface area contributed by atoms with Gasteiger partial charge in [0.05, 0.1) is 10.5 Å². The van der Waals surface area contributed by atoms with Gasteiger partial charge in [0.1, 0.15) is 10.6 Å². The van der Waals surface area contributed by atoms with Crippen LogP contribution in [0, 0.1) is 0 Å². The molecule has 2 rings (SSSR count). The van der Waals surface area contributed by atoms with Crippen LogP contribution in [-0.2, 0) is 10.0 Å². The van der Waals surface area contributed by atoms with Gasteiger partial charge in [-0.3, -0.25) is 0 Å². The van der Waals surface area contributed by atoms with E-state index in [1.54, 1.807) is 30.3 Å². The molecular formula is C17H19NO5S2. The lowest BCUT2D eigenvalue weighted by molar-refractivity contribution is 0.0696. The van der Waals surface area contributed by atoms with Crippen molar-refractivity contribution >= 4 is 27.8 Å². The van der Waals surface area contributed by atoms with Crippen molar-refractivity contribution in [3.05, 3.63) is 48.0 Å². The van der Waals surface area contributed by atoms with Gasteiger partial charge in [0.15, 0.2) is 5.75 Å². The van der Waals surface area contributed by atoms with Gasteiger partial charge in [0.2, 0.25) is 10.0 Å². The lowest BCUT2D eigenvalue weighted by Crippen LogP contribution is -2.15. The zero-order valence-electron chi connectivity index (χ0n) is 13.8. The molecule has 1 atom stereocenters. The third kappa shape index (κ3) is 4.97. The Kier molecular flexibility index (Phi) is 6.10. The largest absolute Gasteiger partial charge is 0.478 e. The van der Waals surface area contributed by atoms with Crippen LogP contribution in [0.2, 0.25) is 0 Å². The molecule has 0 fully saturated rings. The fourth-order valence-electron chi connectivity index (χ4n) is 2.01. The van der Waals surface area contributed by atoms with E-state index in [4.69, 9.17) is 9.88 Å². The number of carboxylic acid groups (broad SMARTS) is 1. The Morgan fingerprint density at radius 2 is 1.92 bits per heavy atom. The molecule has 0 aliphatic rings. The van der Waals surface area contributed by atoms with Crippen molar-refractivity contribution in [1.29, 1.82) is 0 Å². The van der Waals surface area contributed by atoms with Gasteiger partial charge >= 0.3 is 5.97 Å². The van der Waals surface area contributed by atoms with Crippen LogP contribution in [-0.4, -0.2) is 24.7 Å². The van der Waals surface area contributed by atoms with Gasteiger partial charge in [0.25, 0.3) is 0 Å². The molecule has 8 heteroatoms. The van der Waals surface area contributed by atoms with Gasteiger partial charge in [-0.15, -0.1) is 11.8 Å². The molecule has 0 amide bonds. The van der Waals surface area contributed by atoms with E-state index in [1.807, 2.05) is 13.8 Å². The highest BCUT2D eigenvalue weighted by Crippen LogP contribution is 2.41. The highest BCUT2D eigenvalue weighted by Gasteiger charge is 2.24. The molecule has 0 aliphatic carbocycles. The fraction of sp³-hybridized carbons (Fsp3) is 0.235. The zero-order chi connectivity index (χ0) is 18.6. The number of hydrogen-bond donors (Lipinski definition) is 2. The first-order valence-corrected chi connectivity index (χ1v) is 9.98. The van der Waals surface area contributed by atoms with E-state index in [9.17, 15) is 18.3 Å². The minimum absolute atomic E-state index is 0.0454. The number of ether oxygens (including phenoxy) is 1. The van der Waals surface area contributed by atoms with Crippen molar-refractivity contribution in [2.24, 2.45) is 5.14 Å². The predicted molar refractivity (Wildman–Crippen MR) is 96.9 cm³/mol. The first kappa shape index (κ1) is 19.3. The lowest BCUT2D eigenvalue weighted by atomic mass is 10.2. The monoisotopic (exact) mass is 381 g/mol. The van der Waals surface area contributed by atoms with Crippen LogP contribution in [0.5, 0.6) is 11.5 Å². The van der Waals surface area contributed by atoms with Crippen LogP contribution >= 0.6 is 11.8 Å². The molecule has 134 valence electrons. The van der Waals surface area contributed by atoms with E-state index >= 15 is 0 Å². The maximum absolute atomic E-state index is 12.0. The molecule has 1 unspecified atom stereocenters. The number of aromatic carboxylic acids is 1. The Labute approximate surface area is 151 Å². The maximum atomic E-state index is 12.0. The van der Waals surface area contributed by atoms with E-state index in [2.05, 4.69) is 0 Å². The number of primary sulfonamides is 1. The molecule has 0 aliphatic heterocycles. The number of rotatable bonds is 7. The molecule has 0 spiro atoms. The molecule has 2 aromatic carbocycles. The van der Waals surface area contributed by atoms with Gasteiger partial charge in [-0.1, -0.05) is 32.0 Å². The van der Waals surface area contributed by atoms with Crippen molar-refractivity contribution in [3.63, 3.8) is 0 Å². The number of para-hydroxylation sites is 1. The third-order valence-electron chi connectivity index (χ3n) is 3.44. The van der Waals surface area contributed by atoms with Crippen molar-refractivity contribution in [3.8, 4) is 11.5 Å². The van der Waals surface area contributed by atoms with Gasteiger partial charge in [0, 0.05) is 5.25 Å². The van der Waals surface area contributed by atoms with Crippen LogP contribution in [0.1, 0.15) is 30.6 Å². The Morgan fingerprint density at radius 1 is 1.28 bits per heavy atom. The number of carboxylic acids is 1. The summed E-state index contributed by atoms with van der Waals surface area (Å²) in [6.07, 6.45) is 0.817. The van der Waals surface area contributed by atoms with E-state index < -0.39 is 16.0 Å². The molecule has 0 aromatic heterocycles. The molecule has 0 saturated carbocycles. The average molecular weight is 381 g/mol. The summed E-state index contributed by atoms with van der Waals surface area (Å²) in [5, 5.41) is 14.7. The summed E-state index contributed by atoms with van der Waals surface area (Å²) in [5.74, 6) is -0.757. The maximum Gasteiger partial charge on any atom is 0.335 e. The molecule has 0 saturated heterocycles. The van der Waals surface area contributed by atoms with Crippen LogP contribution in [0.4, 0.5) is 0 Å². The summed E-state index contributed by atoms with van der Waals surface area (Å²) in [6, 6.07) is 11.1. The first-order valence-electron chi connectivity index (χ1n) is 7.56. The number of benzene rings is 2. The van der Waals surface area contributed by atoms with E-state index in [0.717, 1.165) is 12.5 Å². The predicted octanol–water partition coefficient (Wildman–Crippen LogP) is 3.72. The molecule has 25 heavy (non-hydrogen) atoms. The second kappa shape index (κ2) is 7.90. The van der Waals surface area contributed by atoms with Crippen molar-refractivity contribution in [1.82, 2.24) is 0 Å². The quantitative estimate of drug-likeness (QED) is 0.708. The smallest absolute Gasteiger partial charge is 0.335 e. The molecule has 0 bridgehead atoms. The summed E-state index contributed by atoms with van der Waals surface area (Å²) < 4.78 is 29.8. The molecule has 3 N–H and O–H groups in total. The first-order chi connectivity index (χ1) is 11.7. The highest BCUT2D eigenvalue weighted by atomic mass is 32.2. The third-order valence-corrected chi connectivity index (χ3v) is 5.65. The molecule has 0 radical (unpaired) electrons. The van der Waals surface area contributed by atoms with Crippen LogP contribution in [0.25, 0.3) is 0 Å². The zero-order valence-corrected chi connectivity index (χ0v) is 15.4. The lowest BCUT2D eigenvalue weighted by Gasteiger charge is -2.17. The Bertz CT molecular complexity index is 866. The highest BCUT2D eigenvalue weighted by molar-refractivity contribution is 8.00. The summed E-state index contributed by atoms with van der Waals surface area (Å²) in [7, 11) is -4.18. The Balaban J connectivity index is 2.68. The minimum atomic E-state index is -4.18. The second-order valence-electron chi connectivity index (χ2n) is 5.40. The van der Waals surface area contributed by atoms with Crippen molar-refractivity contribution < 1.29 is 23.1 Å². The van der Waals surface area contributed by atoms with Crippen LogP contribution in [0.15, 0.2) is 52.3 Å². The molecule has 2 aromatic rings. The van der Waals surface area contributed by atoms with Gasteiger partial charge in [-0.05, 0) is 30.7 Å². The van der Waals surface area contributed by atoms with Gasteiger partial charge < -0.3 is 9.84 Å². The number of nitrogens with two attached hydrogens (primary N) is 1. The second-order valence-corrected chi connectivity index (χ2v) is 8.41.